The van der Waals surface area contributed by atoms with Crippen molar-refractivity contribution < 1.29 is 5.11 Å². The molecule has 0 spiro atoms. The summed E-state index contributed by atoms with van der Waals surface area (Å²) in [5, 5.41) is 10.5. The van der Waals surface area contributed by atoms with E-state index in [4.69, 9.17) is 10.9 Å². The summed E-state index contributed by atoms with van der Waals surface area (Å²) in [6.45, 7) is 6.24. The molecule has 0 saturated carbocycles. The van der Waals surface area contributed by atoms with Crippen LogP contribution in [0.15, 0.2) is 0 Å². The Hall–Kier alpha value is -0.120. The first-order valence-corrected chi connectivity index (χ1v) is 3.23. The van der Waals surface area contributed by atoms with E-state index in [1.165, 1.54) is 0 Å². The molecule has 0 heterocycles. The van der Waals surface area contributed by atoms with E-state index in [0.717, 1.165) is 0 Å². The molecule has 0 rings (SSSR count). The minimum atomic E-state index is -0.336. The minimum absolute atomic E-state index is 0.305. The molecule has 0 aliphatic rings. The van der Waals surface area contributed by atoms with Crippen LogP contribution in [0.3, 0.4) is 0 Å². The van der Waals surface area contributed by atoms with Gasteiger partial charge in [-0.15, -0.1) is 0 Å². The molecular weight excluding hydrogens is 116 g/mol. The Morgan fingerprint density at radius 2 is 1.89 bits per heavy atom. The molecule has 3 heteroatoms. The van der Waals surface area contributed by atoms with Crippen LogP contribution in [0.4, 0.5) is 0 Å². The summed E-state index contributed by atoms with van der Waals surface area (Å²) in [6, 6.07) is 0.305. The van der Waals surface area contributed by atoms with E-state index in [0.29, 0.717) is 12.6 Å². The van der Waals surface area contributed by atoms with Gasteiger partial charge in [-0.1, -0.05) is 0 Å². The second-order valence-corrected chi connectivity index (χ2v) is 2.64. The van der Waals surface area contributed by atoms with Crippen LogP contribution in [0.25, 0.3) is 0 Å². The van der Waals surface area contributed by atoms with Gasteiger partial charge in [0.2, 0.25) is 0 Å². The van der Waals surface area contributed by atoms with E-state index in [9.17, 15) is 0 Å². The lowest BCUT2D eigenvalue weighted by atomic mass is 10.3. The van der Waals surface area contributed by atoms with Gasteiger partial charge in [-0.05, 0) is 20.8 Å². The molecule has 0 radical (unpaired) electrons. The third-order valence-corrected chi connectivity index (χ3v) is 1.14. The fourth-order valence-electron chi connectivity index (χ4n) is 0.516. The number of hydrazine groups is 1. The van der Waals surface area contributed by atoms with Gasteiger partial charge in [0.25, 0.3) is 0 Å². The molecule has 0 amide bonds. The molecule has 0 aromatic rings. The van der Waals surface area contributed by atoms with Crippen LogP contribution >= 0.6 is 0 Å². The lowest BCUT2D eigenvalue weighted by molar-refractivity contribution is 0.108. The van der Waals surface area contributed by atoms with Gasteiger partial charge in [-0.25, -0.2) is 5.01 Å². The van der Waals surface area contributed by atoms with Crippen molar-refractivity contribution in [3.05, 3.63) is 0 Å². The third kappa shape index (κ3) is 4.39. The van der Waals surface area contributed by atoms with Gasteiger partial charge in [0.15, 0.2) is 0 Å². The molecule has 9 heavy (non-hydrogen) atoms. The van der Waals surface area contributed by atoms with Crippen LogP contribution in [-0.4, -0.2) is 28.8 Å². The van der Waals surface area contributed by atoms with Gasteiger partial charge < -0.3 is 5.11 Å². The van der Waals surface area contributed by atoms with Crippen molar-refractivity contribution in [3.63, 3.8) is 0 Å². The Bertz CT molecular complexity index is 73.5. The molecule has 3 N–H and O–H groups in total. The molecule has 0 aromatic heterocycles. The second-order valence-electron chi connectivity index (χ2n) is 2.64. The Kier molecular flexibility index (Phi) is 3.77. The maximum absolute atomic E-state index is 8.85. The van der Waals surface area contributed by atoms with Gasteiger partial charge in [0.05, 0.1) is 6.10 Å². The number of aliphatic hydroxyl groups is 1. The van der Waals surface area contributed by atoms with Gasteiger partial charge >= 0.3 is 0 Å². The van der Waals surface area contributed by atoms with Crippen LogP contribution in [0, 0.1) is 0 Å². The number of rotatable bonds is 3. The van der Waals surface area contributed by atoms with Crippen LogP contribution in [0.2, 0.25) is 0 Å². The topological polar surface area (TPSA) is 49.5 Å². The highest BCUT2D eigenvalue weighted by atomic mass is 16.3. The highest BCUT2D eigenvalue weighted by Gasteiger charge is 2.05. The molecule has 0 aliphatic carbocycles. The average Bonchev–Trinajstić information content (AvgIpc) is 1.63. The predicted octanol–water partition coefficient (Wildman–Crippen LogP) is -0.0487. The number of hydrogen-bond acceptors (Lipinski definition) is 3. The molecule has 0 saturated heterocycles. The van der Waals surface area contributed by atoms with Crippen LogP contribution in [-0.2, 0) is 0 Å². The molecular formula is C6H16N2O. The summed E-state index contributed by atoms with van der Waals surface area (Å²) in [5.41, 5.74) is 0. The van der Waals surface area contributed by atoms with Crippen molar-refractivity contribution in [2.24, 2.45) is 5.84 Å². The first-order valence-electron chi connectivity index (χ1n) is 3.23. The first-order chi connectivity index (χ1) is 4.04. The molecule has 0 aliphatic heterocycles. The normalized spacial score (nSPS) is 15.0. The fraction of sp³-hybridized carbons (Fsp3) is 1.00. The maximum atomic E-state index is 8.85. The largest absolute Gasteiger partial charge is 0.392 e. The zero-order chi connectivity index (χ0) is 7.44. The highest BCUT2D eigenvalue weighted by molar-refractivity contribution is 4.57. The molecule has 56 valence electrons. The van der Waals surface area contributed by atoms with Crippen LogP contribution < -0.4 is 5.84 Å². The molecule has 1 unspecified atom stereocenters. The van der Waals surface area contributed by atoms with Gasteiger partial charge in [-0.2, -0.15) is 0 Å². The van der Waals surface area contributed by atoms with Crippen molar-refractivity contribution >= 4 is 0 Å². The van der Waals surface area contributed by atoms with Gasteiger partial charge in [-0.3, -0.25) is 5.84 Å². The molecule has 0 fully saturated rings. The smallest absolute Gasteiger partial charge is 0.0653 e. The zero-order valence-corrected chi connectivity index (χ0v) is 6.33. The van der Waals surface area contributed by atoms with E-state index >= 15 is 0 Å². The number of nitrogens with two attached hydrogens (primary N) is 1. The fourth-order valence-corrected chi connectivity index (χ4v) is 0.516. The van der Waals surface area contributed by atoms with Gasteiger partial charge in [0.1, 0.15) is 0 Å². The lowest BCUT2D eigenvalue weighted by Gasteiger charge is -2.21. The monoisotopic (exact) mass is 132 g/mol. The Morgan fingerprint density at radius 1 is 1.44 bits per heavy atom. The first kappa shape index (κ1) is 8.88. The van der Waals surface area contributed by atoms with Gasteiger partial charge in [0, 0.05) is 12.6 Å². The lowest BCUT2D eigenvalue weighted by Crippen LogP contribution is -2.41. The van der Waals surface area contributed by atoms with Crippen molar-refractivity contribution in [1.82, 2.24) is 5.01 Å². The molecule has 0 aromatic carbocycles. The van der Waals surface area contributed by atoms with E-state index in [2.05, 4.69) is 0 Å². The predicted molar refractivity (Wildman–Crippen MR) is 37.7 cm³/mol. The third-order valence-electron chi connectivity index (χ3n) is 1.14. The van der Waals surface area contributed by atoms with Crippen molar-refractivity contribution in [1.29, 1.82) is 0 Å². The van der Waals surface area contributed by atoms with Crippen molar-refractivity contribution in [2.45, 2.75) is 32.9 Å². The van der Waals surface area contributed by atoms with Crippen molar-refractivity contribution in [2.75, 3.05) is 6.54 Å². The number of nitrogens with zero attached hydrogens (tertiary/aromatic N) is 1. The summed E-state index contributed by atoms with van der Waals surface area (Å²) in [5.74, 6) is 5.49. The molecule has 1 atom stereocenters. The van der Waals surface area contributed by atoms with Crippen LogP contribution in [0.1, 0.15) is 20.8 Å². The van der Waals surface area contributed by atoms with E-state index < -0.39 is 0 Å². The SMILES string of the molecule is CC(O)CN(N)C(C)C. The van der Waals surface area contributed by atoms with E-state index in [1.54, 1.807) is 11.9 Å². The van der Waals surface area contributed by atoms with E-state index in [-0.39, 0.29) is 6.10 Å². The number of hydrogen-bond donors (Lipinski definition) is 2. The molecule has 0 bridgehead atoms. The summed E-state index contributed by atoms with van der Waals surface area (Å²) in [4.78, 5) is 0. The molecule has 3 nitrogen and oxygen atoms in total. The summed E-state index contributed by atoms with van der Waals surface area (Å²) in [7, 11) is 0. The van der Waals surface area contributed by atoms with E-state index in [1.807, 2.05) is 13.8 Å². The Labute approximate surface area is 56.4 Å². The average molecular weight is 132 g/mol. The minimum Gasteiger partial charge on any atom is -0.392 e. The Balaban J connectivity index is 3.38. The summed E-state index contributed by atoms with van der Waals surface area (Å²) < 4.78 is 0. The zero-order valence-electron chi connectivity index (χ0n) is 6.33. The quantitative estimate of drug-likeness (QED) is 0.418. The summed E-state index contributed by atoms with van der Waals surface area (Å²) in [6.07, 6.45) is -0.336. The highest BCUT2D eigenvalue weighted by Crippen LogP contribution is 1.91. The standard InChI is InChI=1S/C6H16N2O/c1-5(2)8(7)4-6(3)9/h5-6,9H,4,7H2,1-3H3. The number of aliphatic hydroxyl groups excluding tert-OH is 1. The van der Waals surface area contributed by atoms with Crippen molar-refractivity contribution in [3.8, 4) is 0 Å². The summed E-state index contributed by atoms with van der Waals surface area (Å²) >= 11 is 0. The Morgan fingerprint density at radius 3 is 2.00 bits per heavy atom. The second kappa shape index (κ2) is 3.82. The van der Waals surface area contributed by atoms with Crippen LogP contribution in [0.5, 0.6) is 0 Å². The maximum Gasteiger partial charge on any atom is 0.0653 e.